The van der Waals surface area contributed by atoms with Crippen LogP contribution in [-0.4, -0.2) is 32.8 Å². The van der Waals surface area contributed by atoms with Gasteiger partial charge in [0.2, 0.25) is 0 Å². The van der Waals surface area contributed by atoms with Gasteiger partial charge in [-0.3, -0.25) is 4.55 Å². The van der Waals surface area contributed by atoms with Gasteiger partial charge < -0.3 is 9.69 Å². The first-order valence-corrected chi connectivity index (χ1v) is 6.49. The average molecular weight is 289 g/mol. The number of rotatable bonds is 4. The van der Waals surface area contributed by atoms with Crippen molar-refractivity contribution in [2.45, 2.75) is 4.90 Å². The van der Waals surface area contributed by atoms with Gasteiger partial charge >= 0.3 is 0 Å². The minimum Gasteiger partial charge on any atom is -0.367 e. The van der Waals surface area contributed by atoms with Crippen molar-refractivity contribution in [1.82, 2.24) is 0 Å². The third-order valence-electron chi connectivity index (χ3n) is 2.22. The van der Waals surface area contributed by atoms with E-state index in [4.69, 9.17) is 21.4 Å². The summed E-state index contributed by atoms with van der Waals surface area (Å²) in [4.78, 5) is 11.2. The lowest BCUT2D eigenvalue weighted by Crippen LogP contribution is -2.20. The molecule has 1 N–H and O–H groups in total. The summed E-state index contributed by atoms with van der Waals surface area (Å²) in [5.74, 6) is 0. The number of nitrogens with zero attached hydrogens (tertiary/aromatic N) is 2. The van der Waals surface area contributed by atoms with Crippen molar-refractivity contribution in [2.24, 2.45) is 0 Å². The van der Waals surface area contributed by atoms with Crippen LogP contribution in [0.25, 0.3) is 0 Å². The number of hydrogen-bond donors (Lipinski definition) is 1. The van der Waals surface area contributed by atoms with Crippen LogP contribution in [0.5, 0.6) is 0 Å². The number of nitriles is 1. The molecule has 0 unspecified atom stereocenters. The van der Waals surface area contributed by atoms with E-state index in [1.165, 1.54) is 11.0 Å². The Morgan fingerprint density at radius 3 is 2.61 bits per heavy atom. The fraction of sp³-hybridized carbons (Fsp3) is 0.200. The number of anilines is 1. The molecule has 0 heterocycles. The molecule has 0 aliphatic heterocycles. The molecule has 0 fully saturated rings. The third kappa shape index (κ3) is 2.98. The first-order chi connectivity index (χ1) is 8.31. The molecule has 0 saturated carbocycles. The summed E-state index contributed by atoms with van der Waals surface area (Å²) in [5.41, 5.74) is -0.0267. The van der Waals surface area contributed by atoms with E-state index in [0.29, 0.717) is 12.0 Å². The van der Waals surface area contributed by atoms with E-state index in [9.17, 15) is 13.2 Å². The van der Waals surface area contributed by atoms with Crippen LogP contribution in [0.2, 0.25) is 5.02 Å². The van der Waals surface area contributed by atoms with Gasteiger partial charge in [-0.25, -0.2) is 0 Å². The molecule has 1 aromatic rings. The van der Waals surface area contributed by atoms with Crippen LogP contribution in [-0.2, 0) is 14.9 Å². The molecule has 8 heteroatoms. The van der Waals surface area contributed by atoms with Crippen LogP contribution in [0.4, 0.5) is 5.69 Å². The molecule has 0 spiro atoms. The van der Waals surface area contributed by atoms with E-state index in [0.717, 1.165) is 6.07 Å². The number of benzene rings is 1. The van der Waals surface area contributed by atoms with Crippen molar-refractivity contribution in [3.05, 3.63) is 22.7 Å². The maximum absolute atomic E-state index is 11.2. The number of hydrogen-bond acceptors (Lipinski definition) is 5. The van der Waals surface area contributed by atoms with Crippen LogP contribution in [0.1, 0.15) is 5.56 Å². The summed E-state index contributed by atoms with van der Waals surface area (Å²) in [6.45, 7) is 0.0210. The van der Waals surface area contributed by atoms with E-state index in [-0.39, 0.29) is 17.1 Å². The Morgan fingerprint density at radius 2 is 2.17 bits per heavy atom. The Labute approximate surface area is 109 Å². The molecule has 96 valence electrons. The molecule has 0 radical (unpaired) electrons. The molecule has 1 rings (SSSR count). The Hall–Kier alpha value is -1.62. The zero-order chi connectivity index (χ0) is 13.9. The standard InChI is InChI=1S/C10H9ClN2O4S/c1-13(2-3-14)7-4-9(11)8(6-12)10(5-7)18(15,16)17/h3-5H,2H2,1H3,(H,15,16,17). The molecule has 0 atom stereocenters. The molecule has 0 aliphatic rings. The molecule has 0 amide bonds. The molecular weight excluding hydrogens is 280 g/mol. The summed E-state index contributed by atoms with van der Waals surface area (Å²) < 4.78 is 31.3. The summed E-state index contributed by atoms with van der Waals surface area (Å²) in [6.07, 6.45) is 0.624. The lowest BCUT2D eigenvalue weighted by molar-refractivity contribution is -0.106. The van der Waals surface area contributed by atoms with Crippen LogP contribution in [0.15, 0.2) is 17.0 Å². The monoisotopic (exact) mass is 288 g/mol. The maximum atomic E-state index is 11.2. The van der Waals surface area contributed by atoms with Gasteiger partial charge in [-0.1, -0.05) is 11.6 Å². The van der Waals surface area contributed by atoms with Crippen LogP contribution >= 0.6 is 11.6 Å². The topological polar surface area (TPSA) is 98.5 Å². The second-order valence-corrected chi connectivity index (χ2v) is 5.23. The van der Waals surface area contributed by atoms with Crippen LogP contribution in [0.3, 0.4) is 0 Å². The largest absolute Gasteiger partial charge is 0.367 e. The summed E-state index contributed by atoms with van der Waals surface area (Å²) in [7, 11) is -3.02. The predicted octanol–water partition coefficient (Wildman–Crippen LogP) is 1.09. The SMILES string of the molecule is CN(CC=O)c1cc(Cl)c(C#N)c(S(=O)(=O)O)c1. The van der Waals surface area contributed by atoms with Crippen molar-refractivity contribution in [1.29, 1.82) is 5.26 Å². The molecule has 0 saturated heterocycles. The number of halogens is 1. The zero-order valence-electron chi connectivity index (χ0n) is 9.29. The quantitative estimate of drug-likeness (QED) is 0.658. The number of carbonyl (C=O) groups is 1. The van der Waals surface area contributed by atoms with Crippen molar-refractivity contribution in [3.63, 3.8) is 0 Å². The molecule has 0 bridgehead atoms. The minimum absolute atomic E-state index is 0.0210. The fourth-order valence-electron chi connectivity index (χ4n) is 1.32. The van der Waals surface area contributed by atoms with Gasteiger partial charge in [0.15, 0.2) is 0 Å². The van der Waals surface area contributed by atoms with Crippen molar-refractivity contribution < 1.29 is 17.8 Å². The van der Waals surface area contributed by atoms with Crippen molar-refractivity contribution in [3.8, 4) is 6.07 Å². The van der Waals surface area contributed by atoms with Gasteiger partial charge in [0.25, 0.3) is 10.1 Å². The Balaban J connectivity index is 3.51. The minimum atomic E-state index is -4.56. The molecule has 0 aromatic heterocycles. The van der Waals surface area contributed by atoms with E-state index in [1.807, 2.05) is 0 Å². The third-order valence-corrected chi connectivity index (χ3v) is 3.39. The van der Waals surface area contributed by atoms with Crippen molar-refractivity contribution >= 4 is 33.7 Å². The Kier molecular flexibility index (Phi) is 4.29. The number of carbonyl (C=O) groups excluding carboxylic acids is 1. The van der Waals surface area contributed by atoms with Crippen molar-refractivity contribution in [2.75, 3.05) is 18.5 Å². The van der Waals surface area contributed by atoms with E-state index >= 15 is 0 Å². The number of aldehydes is 1. The summed E-state index contributed by atoms with van der Waals surface area (Å²) in [6, 6.07) is 4.04. The van der Waals surface area contributed by atoms with Gasteiger partial charge in [-0.15, -0.1) is 0 Å². The highest BCUT2D eigenvalue weighted by atomic mass is 35.5. The first kappa shape index (κ1) is 14.4. The molecule has 0 aliphatic carbocycles. The molecule has 18 heavy (non-hydrogen) atoms. The second-order valence-electron chi connectivity index (χ2n) is 3.43. The van der Waals surface area contributed by atoms with Gasteiger partial charge in [0.1, 0.15) is 17.3 Å². The average Bonchev–Trinajstić information content (AvgIpc) is 2.27. The Bertz CT molecular complexity index is 622. The normalized spacial score (nSPS) is 10.8. The lowest BCUT2D eigenvalue weighted by atomic mass is 10.2. The number of likely N-dealkylation sites (N-methyl/N-ethyl adjacent to an activating group) is 1. The van der Waals surface area contributed by atoms with E-state index in [1.54, 1.807) is 13.1 Å². The van der Waals surface area contributed by atoms with E-state index in [2.05, 4.69) is 0 Å². The highest BCUT2D eigenvalue weighted by Gasteiger charge is 2.20. The highest BCUT2D eigenvalue weighted by Crippen LogP contribution is 2.29. The highest BCUT2D eigenvalue weighted by molar-refractivity contribution is 7.86. The van der Waals surface area contributed by atoms with Gasteiger partial charge in [0.05, 0.1) is 17.1 Å². The lowest BCUT2D eigenvalue weighted by Gasteiger charge is -2.17. The first-order valence-electron chi connectivity index (χ1n) is 4.67. The fourth-order valence-corrected chi connectivity index (χ4v) is 2.31. The molecule has 6 nitrogen and oxygen atoms in total. The van der Waals surface area contributed by atoms with Gasteiger partial charge in [-0.05, 0) is 12.1 Å². The van der Waals surface area contributed by atoms with Gasteiger partial charge in [-0.2, -0.15) is 13.7 Å². The Morgan fingerprint density at radius 1 is 1.56 bits per heavy atom. The maximum Gasteiger partial charge on any atom is 0.295 e. The second kappa shape index (κ2) is 5.35. The van der Waals surface area contributed by atoms with Crippen LogP contribution < -0.4 is 4.90 Å². The smallest absolute Gasteiger partial charge is 0.295 e. The summed E-state index contributed by atoms with van der Waals surface area (Å²) >= 11 is 5.77. The van der Waals surface area contributed by atoms with E-state index < -0.39 is 15.0 Å². The predicted molar refractivity (Wildman–Crippen MR) is 65.3 cm³/mol. The molecule has 1 aromatic carbocycles. The molecular formula is C10H9ClN2O4S. The van der Waals surface area contributed by atoms with Gasteiger partial charge in [0, 0.05) is 12.7 Å². The summed E-state index contributed by atoms with van der Waals surface area (Å²) in [5, 5.41) is 8.70. The van der Waals surface area contributed by atoms with Crippen LogP contribution in [0, 0.1) is 11.3 Å². The zero-order valence-corrected chi connectivity index (χ0v) is 10.9.